The third-order valence-electron chi connectivity index (χ3n) is 3.66. The van der Waals surface area contributed by atoms with Crippen LogP contribution in [0.4, 0.5) is 0 Å². The van der Waals surface area contributed by atoms with Gasteiger partial charge in [-0.25, -0.2) is 0 Å². The van der Waals surface area contributed by atoms with Gasteiger partial charge in [-0.2, -0.15) is 0 Å². The van der Waals surface area contributed by atoms with Gasteiger partial charge in [-0.15, -0.1) is 0 Å². The zero-order valence-electron chi connectivity index (χ0n) is 11.9. The van der Waals surface area contributed by atoms with Gasteiger partial charge in [0, 0.05) is 13.2 Å². The third-order valence-corrected chi connectivity index (χ3v) is 3.66. The predicted octanol–water partition coefficient (Wildman–Crippen LogP) is 0.467. The first-order chi connectivity index (χ1) is 8.90. The van der Waals surface area contributed by atoms with Gasteiger partial charge >= 0.3 is 5.97 Å². The number of likely N-dealkylation sites (tertiary alicyclic amines) is 1. The molecule has 110 valence electrons. The highest BCUT2D eigenvalue weighted by Gasteiger charge is 2.41. The van der Waals surface area contributed by atoms with Crippen molar-refractivity contribution >= 4 is 11.9 Å². The van der Waals surface area contributed by atoms with Gasteiger partial charge in [0.05, 0.1) is 13.2 Å². The Labute approximate surface area is 114 Å². The van der Waals surface area contributed by atoms with Gasteiger partial charge in [-0.05, 0) is 39.7 Å². The fraction of sp³-hybridized carbons (Fsp3) is 0.846. The molecule has 2 unspecified atom stereocenters. The summed E-state index contributed by atoms with van der Waals surface area (Å²) in [4.78, 5) is 25.1. The minimum absolute atomic E-state index is 0.0709. The fourth-order valence-electron chi connectivity index (χ4n) is 2.46. The molecule has 0 aromatic heterocycles. The molecule has 1 saturated heterocycles. The van der Waals surface area contributed by atoms with Crippen molar-refractivity contribution in [2.75, 3.05) is 26.8 Å². The molecule has 2 N–H and O–H groups in total. The van der Waals surface area contributed by atoms with Crippen molar-refractivity contribution in [2.45, 2.75) is 44.7 Å². The number of nitrogens with zero attached hydrogens (tertiary/aromatic N) is 1. The van der Waals surface area contributed by atoms with Crippen molar-refractivity contribution in [3.63, 3.8) is 0 Å². The summed E-state index contributed by atoms with van der Waals surface area (Å²) in [6.45, 7) is 4.77. The summed E-state index contributed by atoms with van der Waals surface area (Å²) < 4.78 is 4.95. The average Bonchev–Trinajstić information content (AvgIpc) is 2.32. The highest BCUT2D eigenvalue weighted by atomic mass is 16.5. The molecule has 0 aromatic rings. The highest BCUT2D eigenvalue weighted by molar-refractivity contribution is 5.82. The molecule has 0 aliphatic carbocycles. The quantitative estimate of drug-likeness (QED) is 0.734. The Kier molecular flexibility index (Phi) is 5.75. The number of hydrogen-bond donors (Lipinski definition) is 2. The first-order valence-corrected chi connectivity index (χ1v) is 6.67. The van der Waals surface area contributed by atoms with Crippen molar-refractivity contribution in [2.24, 2.45) is 0 Å². The van der Waals surface area contributed by atoms with Gasteiger partial charge in [-0.3, -0.25) is 14.5 Å². The minimum Gasteiger partial charge on any atom is -0.480 e. The second-order valence-corrected chi connectivity index (χ2v) is 5.38. The Morgan fingerprint density at radius 3 is 2.74 bits per heavy atom. The van der Waals surface area contributed by atoms with Gasteiger partial charge in [-0.1, -0.05) is 0 Å². The minimum atomic E-state index is -0.930. The molecule has 1 rings (SSSR count). The SMILES string of the molecule is COCC(C)NC(=O)CN1CCCCC1(C)C(=O)O. The zero-order valence-corrected chi connectivity index (χ0v) is 11.9. The molecule has 1 fully saturated rings. The van der Waals surface area contributed by atoms with Gasteiger partial charge < -0.3 is 15.2 Å². The Hall–Kier alpha value is -1.14. The molecular weight excluding hydrogens is 248 g/mol. The lowest BCUT2D eigenvalue weighted by atomic mass is 9.88. The van der Waals surface area contributed by atoms with E-state index in [-0.39, 0.29) is 18.5 Å². The summed E-state index contributed by atoms with van der Waals surface area (Å²) in [5, 5.41) is 12.2. The number of rotatable bonds is 6. The van der Waals surface area contributed by atoms with Crippen molar-refractivity contribution in [3.05, 3.63) is 0 Å². The van der Waals surface area contributed by atoms with Crippen LogP contribution in [0.5, 0.6) is 0 Å². The van der Waals surface area contributed by atoms with E-state index in [0.717, 1.165) is 12.8 Å². The van der Waals surface area contributed by atoms with Crippen LogP contribution in [0.25, 0.3) is 0 Å². The second-order valence-electron chi connectivity index (χ2n) is 5.38. The molecule has 0 spiro atoms. The van der Waals surface area contributed by atoms with Crippen LogP contribution in [0.1, 0.15) is 33.1 Å². The number of ether oxygens (including phenoxy) is 1. The number of nitrogens with one attached hydrogen (secondary N) is 1. The van der Waals surface area contributed by atoms with Crippen LogP contribution < -0.4 is 5.32 Å². The van der Waals surface area contributed by atoms with Crippen LogP contribution >= 0.6 is 0 Å². The van der Waals surface area contributed by atoms with E-state index in [2.05, 4.69) is 5.32 Å². The van der Waals surface area contributed by atoms with Gasteiger partial charge in [0.15, 0.2) is 0 Å². The number of carboxylic acid groups (broad SMARTS) is 1. The highest BCUT2D eigenvalue weighted by Crippen LogP contribution is 2.27. The molecule has 6 heteroatoms. The molecule has 0 aromatic carbocycles. The first kappa shape index (κ1) is 15.9. The number of aliphatic carboxylic acids is 1. The van der Waals surface area contributed by atoms with Crippen LogP contribution in [0.3, 0.4) is 0 Å². The molecule has 1 amide bonds. The van der Waals surface area contributed by atoms with E-state index in [1.54, 1.807) is 18.9 Å². The van der Waals surface area contributed by atoms with E-state index in [1.165, 1.54) is 0 Å². The maximum atomic E-state index is 11.9. The van der Waals surface area contributed by atoms with Crippen molar-refractivity contribution in [1.29, 1.82) is 0 Å². The van der Waals surface area contributed by atoms with Crippen LogP contribution in [-0.4, -0.2) is 60.3 Å². The van der Waals surface area contributed by atoms with Crippen LogP contribution in [0.15, 0.2) is 0 Å². The largest absolute Gasteiger partial charge is 0.480 e. The van der Waals surface area contributed by atoms with E-state index in [4.69, 9.17) is 4.74 Å². The summed E-state index contributed by atoms with van der Waals surface area (Å²) in [7, 11) is 1.58. The molecule has 19 heavy (non-hydrogen) atoms. The molecule has 0 saturated carbocycles. The van der Waals surface area contributed by atoms with E-state index < -0.39 is 11.5 Å². The lowest BCUT2D eigenvalue weighted by Gasteiger charge is -2.41. The third kappa shape index (κ3) is 4.18. The number of amides is 1. The van der Waals surface area contributed by atoms with E-state index >= 15 is 0 Å². The normalized spacial score (nSPS) is 25.8. The molecular formula is C13H24N2O4. The molecule has 1 heterocycles. The summed E-state index contributed by atoms with van der Waals surface area (Å²) in [6.07, 6.45) is 2.41. The first-order valence-electron chi connectivity index (χ1n) is 6.67. The topological polar surface area (TPSA) is 78.9 Å². The molecule has 2 atom stereocenters. The average molecular weight is 272 g/mol. The summed E-state index contributed by atoms with van der Waals surface area (Å²) >= 11 is 0. The van der Waals surface area contributed by atoms with Crippen molar-refractivity contribution in [3.8, 4) is 0 Å². The monoisotopic (exact) mass is 272 g/mol. The number of carboxylic acids is 1. The number of carbonyl (C=O) groups excluding carboxylic acids is 1. The van der Waals surface area contributed by atoms with Crippen LogP contribution in [-0.2, 0) is 14.3 Å². The number of methoxy groups -OCH3 is 1. The molecule has 1 aliphatic heterocycles. The summed E-state index contributed by atoms with van der Waals surface area (Å²) in [5.74, 6) is -1.01. The maximum absolute atomic E-state index is 11.9. The van der Waals surface area contributed by atoms with Crippen LogP contribution in [0.2, 0.25) is 0 Å². The van der Waals surface area contributed by atoms with Gasteiger partial charge in [0.2, 0.25) is 5.91 Å². The molecule has 1 aliphatic rings. The molecule has 0 bridgehead atoms. The van der Waals surface area contributed by atoms with Gasteiger partial charge in [0.1, 0.15) is 5.54 Å². The standard InChI is InChI=1S/C13H24N2O4/c1-10(9-19-3)14-11(16)8-15-7-5-4-6-13(15,2)12(17)18/h10H,4-9H2,1-3H3,(H,14,16)(H,17,18). The molecule has 6 nitrogen and oxygen atoms in total. The van der Waals surface area contributed by atoms with Crippen LogP contribution in [0, 0.1) is 0 Å². The predicted molar refractivity (Wildman–Crippen MR) is 70.9 cm³/mol. The molecule has 0 radical (unpaired) electrons. The Morgan fingerprint density at radius 1 is 1.47 bits per heavy atom. The fourth-order valence-corrected chi connectivity index (χ4v) is 2.46. The zero-order chi connectivity index (χ0) is 14.5. The number of carbonyl (C=O) groups is 2. The van der Waals surface area contributed by atoms with E-state index in [1.807, 2.05) is 6.92 Å². The smallest absolute Gasteiger partial charge is 0.323 e. The number of piperidine rings is 1. The summed E-state index contributed by atoms with van der Waals surface area (Å²) in [6, 6.07) is -0.0709. The maximum Gasteiger partial charge on any atom is 0.323 e. The Bertz CT molecular complexity index is 335. The Balaban J connectivity index is 2.58. The lowest BCUT2D eigenvalue weighted by molar-refractivity contribution is -0.153. The second kappa shape index (κ2) is 6.86. The number of hydrogen-bond acceptors (Lipinski definition) is 4. The lowest BCUT2D eigenvalue weighted by Crippen LogP contribution is -2.58. The van der Waals surface area contributed by atoms with Crippen molar-refractivity contribution < 1.29 is 19.4 Å². The van der Waals surface area contributed by atoms with Gasteiger partial charge in [0.25, 0.3) is 0 Å². The van der Waals surface area contributed by atoms with E-state index in [0.29, 0.717) is 19.6 Å². The van der Waals surface area contributed by atoms with Crippen molar-refractivity contribution in [1.82, 2.24) is 10.2 Å². The van der Waals surface area contributed by atoms with E-state index in [9.17, 15) is 14.7 Å². The Morgan fingerprint density at radius 2 is 2.16 bits per heavy atom. The summed E-state index contributed by atoms with van der Waals surface area (Å²) in [5.41, 5.74) is -0.930.